The maximum Gasteiger partial charge on any atom is 0.146 e. The number of nitrogens with zero attached hydrogens (tertiary/aromatic N) is 1. The fraction of sp³-hybridized carbons (Fsp3) is 0.190. The zero-order valence-electron chi connectivity index (χ0n) is 14.6. The zero-order valence-corrected chi connectivity index (χ0v) is 14.6. The van der Waals surface area contributed by atoms with Crippen molar-refractivity contribution < 1.29 is 9.13 Å². The summed E-state index contributed by atoms with van der Waals surface area (Å²) in [5.41, 5.74) is 5.96. The summed E-state index contributed by atoms with van der Waals surface area (Å²) in [7, 11) is 0. The molecule has 1 aliphatic heterocycles. The van der Waals surface area contributed by atoms with E-state index < -0.39 is 0 Å². The van der Waals surface area contributed by atoms with Crippen LogP contribution >= 0.6 is 0 Å². The molecule has 0 unspecified atom stereocenters. The Morgan fingerprint density at radius 1 is 1.08 bits per heavy atom. The summed E-state index contributed by atoms with van der Waals surface area (Å²) in [6.07, 6.45) is 3.53. The molecule has 0 aliphatic carbocycles. The number of fused-ring (bicyclic) bond motifs is 3. The third kappa shape index (κ3) is 3.20. The van der Waals surface area contributed by atoms with Crippen molar-refractivity contribution in [3.8, 4) is 16.9 Å². The quantitative estimate of drug-likeness (QED) is 0.693. The molecule has 0 atom stereocenters. The highest BCUT2D eigenvalue weighted by molar-refractivity contribution is 5.76. The minimum Gasteiger partial charge on any atom is -0.487 e. The van der Waals surface area contributed by atoms with Gasteiger partial charge in [0, 0.05) is 30.5 Å². The van der Waals surface area contributed by atoms with E-state index in [0.717, 1.165) is 28.1 Å². The van der Waals surface area contributed by atoms with Gasteiger partial charge in [0.15, 0.2) is 0 Å². The van der Waals surface area contributed by atoms with Crippen molar-refractivity contribution >= 4 is 11.4 Å². The van der Waals surface area contributed by atoms with E-state index in [4.69, 9.17) is 4.74 Å². The van der Waals surface area contributed by atoms with E-state index in [1.807, 2.05) is 19.1 Å². The van der Waals surface area contributed by atoms with E-state index in [-0.39, 0.29) is 5.82 Å². The molecule has 0 saturated carbocycles. The Bertz CT molecular complexity index is 942. The van der Waals surface area contributed by atoms with Crippen LogP contribution < -0.4 is 15.4 Å². The number of nitrogens with one attached hydrogen (secondary N) is 2. The van der Waals surface area contributed by atoms with Crippen molar-refractivity contribution in [2.24, 2.45) is 0 Å². The van der Waals surface area contributed by atoms with Gasteiger partial charge in [0.1, 0.15) is 18.2 Å². The summed E-state index contributed by atoms with van der Waals surface area (Å²) in [5, 5.41) is 6.45. The predicted molar refractivity (Wildman–Crippen MR) is 102 cm³/mol. The minimum absolute atomic E-state index is 0.227. The molecule has 4 rings (SSSR count). The van der Waals surface area contributed by atoms with E-state index in [0.29, 0.717) is 25.4 Å². The largest absolute Gasteiger partial charge is 0.487 e. The van der Waals surface area contributed by atoms with Crippen molar-refractivity contribution in [2.45, 2.75) is 20.1 Å². The van der Waals surface area contributed by atoms with Gasteiger partial charge in [-0.1, -0.05) is 12.1 Å². The molecule has 2 heterocycles. The molecule has 2 aromatic carbocycles. The molecule has 2 N–H and O–H groups in total. The summed E-state index contributed by atoms with van der Waals surface area (Å²) >= 11 is 0. The van der Waals surface area contributed by atoms with Crippen molar-refractivity contribution in [3.05, 3.63) is 71.8 Å². The maximum absolute atomic E-state index is 13.7. The molecule has 0 fully saturated rings. The zero-order chi connectivity index (χ0) is 17.9. The molecule has 1 aliphatic rings. The van der Waals surface area contributed by atoms with Crippen molar-refractivity contribution in [1.82, 2.24) is 4.98 Å². The fourth-order valence-electron chi connectivity index (χ4n) is 3.17. The van der Waals surface area contributed by atoms with Gasteiger partial charge in [-0.15, -0.1) is 0 Å². The van der Waals surface area contributed by atoms with Gasteiger partial charge < -0.3 is 15.4 Å². The lowest BCUT2D eigenvalue weighted by Crippen LogP contribution is -2.07. The van der Waals surface area contributed by atoms with Crippen LogP contribution in [-0.2, 0) is 13.2 Å². The molecule has 5 heteroatoms. The summed E-state index contributed by atoms with van der Waals surface area (Å²) < 4.78 is 19.5. The first-order chi connectivity index (χ1) is 12.7. The van der Waals surface area contributed by atoms with Gasteiger partial charge in [0.25, 0.3) is 0 Å². The molecule has 0 spiro atoms. The Morgan fingerprint density at radius 2 is 2.00 bits per heavy atom. The summed E-state index contributed by atoms with van der Waals surface area (Å²) in [4.78, 5) is 4.11. The smallest absolute Gasteiger partial charge is 0.146 e. The second kappa shape index (κ2) is 7.04. The second-order valence-corrected chi connectivity index (χ2v) is 6.23. The van der Waals surface area contributed by atoms with E-state index in [1.54, 1.807) is 18.5 Å². The van der Waals surface area contributed by atoms with Gasteiger partial charge in [0.2, 0.25) is 0 Å². The van der Waals surface area contributed by atoms with Crippen LogP contribution in [0.2, 0.25) is 0 Å². The average Bonchev–Trinajstić information content (AvgIpc) is 2.68. The van der Waals surface area contributed by atoms with E-state index >= 15 is 0 Å². The van der Waals surface area contributed by atoms with Crippen LogP contribution in [-0.4, -0.2) is 11.5 Å². The molecule has 0 amide bonds. The van der Waals surface area contributed by atoms with Crippen LogP contribution in [0, 0.1) is 5.82 Å². The molecule has 0 saturated heterocycles. The SMILES string of the molecule is CCNc1cc(CNc2ccc3c(c2)COc2cnccc2-3)ccc1F. The Hall–Kier alpha value is -3.08. The van der Waals surface area contributed by atoms with Gasteiger partial charge >= 0.3 is 0 Å². The second-order valence-electron chi connectivity index (χ2n) is 6.23. The highest BCUT2D eigenvalue weighted by Gasteiger charge is 2.17. The van der Waals surface area contributed by atoms with Crippen molar-refractivity contribution in [2.75, 3.05) is 17.2 Å². The first kappa shape index (κ1) is 16.4. The first-order valence-electron chi connectivity index (χ1n) is 8.71. The summed E-state index contributed by atoms with van der Waals surface area (Å²) in [6, 6.07) is 13.4. The third-order valence-corrected chi connectivity index (χ3v) is 4.46. The fourth-order valence-corrected chi connectivity index (χ4v) is 3.17. The summed E-state index contributed by atoms with van der Waals surface area (Å²) in [6.45, 7) is 3.80. The maximum atomic E-state index is 13.7. The number of hydrogen-bond acceptors (Lipinski definition) is 4. The summed E-state index contributed by atoms with van der Waals surface area (Å²) in [5.74, 6) is 0.595. The highest BCUT2D eigenvalue weighted by Crippen LogP contribution is 2.37. The monoisotopic (exact) mass is 349 g/mol. The van der Waals surface area contributed by atoms with Crippen molar-refractivity contribution in [1.29, 1.82) is 0 Å². The standard InChI is InChI=1S/C21H20FN3O/c1-2-24-20-9-14(3-6-19(20)22)11-25-16-4-5-17-15(10-16)13-26-21-12-23-8-7-18(17)21/h3-10,12,24-25H,2,11,13H2,1H3. The lowest BCUT2D eigenvalue weighted by molar-refractivity contribution is 0.301. The number of aromatic nitrogens is 1. The van der Waals surface area contributed by atoms with Crippen molar-refractivity contribution in [3.63, 3.8) is 0 Å². The Labute approximate surface area is 152 Å². The van der Waals surface area contributed by atoms with Gasteiger partial charge in [-0.25, -0.2) is 4.39 Å². The topological polar surface area (TPSA) is 46.2 Å². The molecular weight excluding hydrogens is 329 g/mol. The molecule has 3 aromatic rings. The normalized spacial score (nSPS) is 11.9. The Balaban J connectivity index is 1.51. The van der Waals surface area contributed by atoms with Crippen LogP contribution in [0.25, 0.3) is 11.1 Å². The van der Waals surface area contributed by atoms with Crippen LogP contribution in [0.3, 0.4) is 0 Å². The molecule has 4 nitrogen and oxygen atoms in total. The number of ether oxygens (including phenoxy) is 1. The van der Waals surface area contributed by atoms with E-state index in [2.05, 4.69) is 33.8 Å². The molecule has 0 radical (unpaired) electrons. The van der Waals surface area contributed by atoms with Gasteiger partial charge in [-0.2, -0.15) is 0 Å². The van der Waals surface area contributed by atoms with E-state index in [9.17, 15) is 4.39 Å². The molecular formula is C21H20FN3O. The molecule has 26 heavy (non-hydrogen) atoms. The van der Waals surface area contributed by atoms with Crippen LogP contribution in [0.1, 0.15) is 18.1 Å². The van der Waals surface area contributed by atoms with Crippen LogP contribution in [0.15, 0.2) is 54.9 Å². The number of halogens is 1. The number of hydrogen-bond donors (Lipinski definition) is 2. The van der Waals surface area contributed by atoms with Crippen LogP contribution in [0.5, 0.6) is 5.75 Å². The molecule has 132 valence electrons. The average molecular weight is 349 g/mol. The third-order valence-electron chi connectivity index (χ3n) is 4.46. The highest BCUT2D eigenvalue weighted by atomic mass is 19.1. The first-order valence-corrected chi connectivity index (χ1v) is 8.71. The lowest BCUT2D eigenvalue weighted by atomic mass is 9.97. The lowest BCUT2D eigenvalue weighted by Gasteiger charge is -2.21. The minimum atomic E-state index is -0.227. The molecule has 0 bridgehead atoms. The predicted octanol–water partition coefficient (Wildman–Crippen LogP) is 4.82. The number of benzene rings is 2. The van der Waals surface area contributed by atoms with E-state index in [1.165, 1.54) is 11.6 Å². The van der Waals surface area contributed by atoms with Gasteiger partial charge in [-0.05, 0) is 53.9 Å². The van der Waals surface area contributed by atoms with Crippen LogP contribution in [0.4, 0.5) is 15.8 Å². The number of pyridine rings is 1. The molecule has 1 aromatic heterocycles. The Kier molecular flexibility index (Phi) is 4.44. The van der Waals surface area contributed by atoms with Gasteiger partial charge in [-0.3, -0.25) is 4.98 Å². The van der Waals surface area contributed by atoms with Gasteiger partial charge in [0.05, 0.1) is 11.9 Å². The Morgan fingerprint density at radius 3 is 2.88 bits per heavy atom. The number of anilines is 2. The number of rotatable bonds is 5.